The number of hydrogen-bond donors (Lipinski definition) is 3. The van der Waals surface area contributed by atoms with E-state index in [1.807, 2.05) is 0 Å². The number of halogens is 1. The number of carboxylic acid groups (broad SMARTS) is 1. The van der Waals surface area contributed by atoms with E-state index in [-0.39, 0.29) is 29.5 Å². The molecule has 22 heavy (non-hydrogen) atoms. The fraction of sp³-hybridized carbons (Fsp3) is 0.357. The molecule has 0 radical (unpaired) electrons. The van der Waals surface area contributed by atoms with Crippen LogP contribution in [0.4, 0.5) is 5.69 Å². The summed E-state index contributed by atoms with van der Waals surface area (Å²) < 4.78 is 4.81. The molecule has 1 aromatic rings. The van der Waals surface area contributed by atoms with Gasteiger partial charge in [-0.25, -0.2) is 4.79 Å². The van der Waals surface area contributed by atoms with Crippen LogP contribution in [0.1, 0.15) is 23.7 Å². The van der Waals surface area contributed by atoms with Crippen molar-refractivity contribution in [1.82, 2.24) is 5.32 Å². The lowest BCUT2D eigenvalue weighted by Gasteiger charge is -2.15. The average Bonchev–Trinajstić information content (AvgIpc) is 2.44. The molecule has 120 valence electrons. The van der Waals surface area contributed by atoms with Gasteiger partial charge in [0.15, 0.2) is 0 Å². The summed E-state index contributed by atoms with van der Waals surface area (Å²) >= 11 is 5.95. The minimum atomic E-state index is -1.17. The summed E-state index contributed by atoms with van der Waals surface area (Å²) in [4.78, 5) is 34.3. The number of benzene rings is 1. The van der Waals surface area contributed by atoms with Crippen molar-refractivity contribution < 1.29 is 24.2 Å². The van der Waals surface area contributed by atoms with Gasteiger partial charge in [-0.15, -0.1) is 0 Å². The number of ether oxygens (including phenoxy) is 1. The molecule has 0 saturated heterocycles. The van der Waals surface area contributed by atoms with E-state index in [0.29, 0.717) is 5.69 Å². The second-order valence-electron chi connectivity index (χ2n) is 4.52. The Hall–Kier alpha value is -2.12. The number of amides is 2. The van der Waals surface area contributed by atoms with E-state index < -0.39 is 17.9 Å². The zero-order valence-corrected chi connectivity index (χ0v) is 12.9. The van der Waals surface area contributed by atoms with E-state index in [1.54, 1.807) is 6.07 Å². The largest absolute Gasteiger partial charge is 0.480 e. The number of nitrogens with one attached hydrogen (secondary N) is 2. The summed E-state index contributed by atoms with van der Waals surface area (Å²) in [6.45, 7) is 1.52. The average molecular weight is 329 g/mol. The Labute approximate surface area is 132 Å². The number of aliphatic carboxylic acids is 1. The van der Waals surface area contributed by atoms with Gasteiger partial charge in [0.2, 0.25) is 5.91 Å². The Morgan fingerprint density at radius 3 is 2.59 bits per heavy atom. The smallest absolute Gasteiger partial charge is 0.326 e. The molecule has 1 unspecified atom stereocenters. The van der Waals surface area contributed by atoms with E-state index in [1.165, 1.54) is 26.2 Å². The fourth-order valence-corrected chi connectivity index (χ4v) is 1.91. The monoisotopic (exact) mass is 328 g/mol. The standard InChI is InChI=1S/C14H17ClN2O5/c1-8(18)16-9-3-4-11(15)10(7-9)13(19)17-12(14(20)21)5-6-22-2/h3-4,7,12H,5-6H2,1-2H3,(H,16,18)(H,17,19)(H,20,21). The van der Waals surface area contributed by atoms with Crippen molar-refractivity contribution in [3.63, 3.8) is 0 Å². The molecule has 2 amide bonds. The molecule has 1 aromatic carbocycles. The van der Waals surface area contributed by atoms with Crippen LogP contribution in [-0.2, 0) is 14.3 Å². The molecule has 7 nitrogen and oxygen atoms in total. The third kappa shape index (κ3) is 5.34. The highest BCUT2D eigenvalue weighted by Crippen LogP contribution is 2.21. The van der Waals surface area contributed by atoms with Gasteiger partial charge in [0.1, 0.15) is 6.04 Å². The van der Waals surface area contributed by atoms with Crippen molar-refractivity contribution in [1.29, 1.82) is 0 Å². The number of methoxy groups -OCH3 is 1. The normalized spacial score (nSPS) is 11.6. The highest BCUT2D eigenvalue weighted by molar-refractivity contribution is 6.34. The molecule has 0 aliphatic heterocycles. The van der Waals surface area contributed by atoms with Gasteiger partial charge >= 0.3 is 5.97 Å². The molecular weight excluding hydrogens is 312 g/mol. The topological polar surface area (TPSA) is 105 Å². The minimum Gasteiger partial charge on any atom is -0.480 e. The first-order valence-corrected chi connectivity index (χ1v) is 6.82. The second-order valence-corrected chi connectivity index (χ2v) is 4.93. The van der Waals surface area contributed by atoms with Crippen LogP contribution < -0.4 is 10.6 Å². The highest BCUT2D eigenvalue weighted by Gasteiger charge is 2.21. The fourth-order valence-electron chi connectivity index (χ4n) is 1.71. The van der Waals surface area contributed by atoms with Crippen LogP contribution in [0.25, 0.3) is 0 Å². The third-order valence-electron chi connectivity index (χ3n) is 2.75. The summed E-state index contributed by atoms with van der Waals surface area (Å²) in [5, 5.41) is 14.1. The molecule has 0 fully saturated rings. The number of hydrogen-bond acceptors (Lipinski definition) is 4. The Morgan fingerprint density at radius 1 is 1.36 bits per heavy atom. The molecular formula is C14H17ClN2O5. The van der Waals surface area contributed by atoms with Crippen molar-refractivity contribution in [3.8, 4) is 0 Å². The van der Waals surface area contributed by atoms with E-state index in [9.17, 15) is 14.4 Å². The van der Waals surface area contributed by atoms with E-state index in [0.717, 1.165) is 0 Å². The molecule has 8 heteroatoms. The molecule has 0 saturated carbocycles. The number of carboxylic acids is 1. The number of rotatable bonds is 7. The SMILES string of the molecule is COCCC(NC(=O)c1cc(NC(C)=O)ccc1Cl)C(=O)O. The van der Waals surface area contributed by atoms with Gasteiger partial charge < -0.3 is 20.5 Å². The summed E-state index contributed by atoms with van der Waals surface area (Å²) in [5.74, 6) is -2.10. The van der Waals surface area contributed by atoms with Crippen LogP contribution in [0.15, 0.2) is 18.2 Å². The maximum atomic E-state index is 12.2. The molecule has 0 bridgehead atoms. The second kappa shape index (κ2) is 8.35. The van der Waals surface area contributed by atoms with Gasteiger partial charge in [-0.3, -0.25) is 9.59 Å². The third-order valence-corrected chi connectivity index (χ3v) is 3.08. The number of anilines is 1. The zero-order chi connectivity index (χ0) is 16.7. The summed E-state index contributed by atoms with van der Waals surface area (Å²) in [6.07, 6.45) is 0.126. The Morgan fingerprint density at radius 2 is 2.05 bits per heavy atom. The van der Waals surface area contributed by atoms with Gasteiger partial charge in [0.05, 0.1) is 10.6 Å². The van der Waals surface area contributed by atoms with Gasteiger partial charge in [-0.2, -0.15) is 0 Å². The van der Waals surface area contributed by atoms with Crippen molar-refractivity contribution in [2.24, 2.45) is 0 Å². The Kier molecular flexibility index (Phi) is 6.81. The van der Waals surface area contributed by atoms with Gasteiger partial charge in [-0.1, -0.05) is 11.6 Å². The maximum Gasteiger partial charge on any atom is 0.326 e. The molecule has 0 heterocycles. The predicted molar refractivity (Wildman–Crippen MR) is 81.1 cm³/mol. The van der Waals surface area contributed by atoms with Crippen LogP contribution >= 0.6 is 11.6 Å². The first-order chi connectivity index (χ1) is 10.3. The van der Waals surface area contributed by atoms with Crippen molar-refractivity contribution >= 4 is 35.1 Å². The Bertz CT molecular complexity index is 576. The van der Waals surface area contributed by atoms with Crippen molar-refractivity contribution in [2.45, 2.75) is 19.4 Å². The lowest BCUT2D eigenvalue weighted by Crippen LogP contribution is -2.41. The van der Waals surface area contributed by atoms with Gasteiger partial charge in [0.25, 0.3) is 5.91 Å². The van der Waals surface area contributed by atoms with Crippen molar-refractivity contribution in [3.05, 3.63) is 28.8 Å². The molecule has 0 aliphatic rings. The number of carbonyl (C=O) groups is 3. The number of carbonyl (C=O) groups excluding carboxylic acids is 2. The van der Waals surface area contributed by atoms with Gasteiger partial charge in [0, 0.05) is 32.7 Å². The predicted octanol–water partition coefficient (Wildman–Crippen LogP) is 1.52. The van der Waals surface area contributed by atoms with E-state index in [2.05, 4.69) is 10.6 Å². The lowest BCUT2D eigenvalue weighted by atomic mass is 10.1. The van der Waals surface area contributed by atoms with E-state index in [4.69, 9.17) is 21.4 Å². The minimum absolute atomic E-state index is 0.0802. The first kappa shape index (κ1) is 17.9. The van der Waals surface area contributed by atoms with Crippen LogP contribution in [0.3, 0.4) is 0 Å². The van der Waals surface area contributed by atoms with Crippen LogP contribution in [0.2, 0.25) is 5.02 Å². The lowest BCUT2D eigenvalue weighted by molar-refractivity contribution is -0.139. The van der Waals surface area contributed by atoms with Crippen LogP contribution in [0, 0.1) is 0 Å². The molecule has 0 aliphatic carbocycles. The maximum absolute atomic E-state index is 12.2. The van der Waals surface area contributed by atoms with Gasteiger partial charge in [-0.05, 0) is 18.2 Å². The summed E-state index contributed by atoms with van der Waals surface area (Å²) in [5.41, 5.74) is 0.474. The quantitative estimate of drug-likeness (QED) is 0.704. The highest BCUT2D eigenvalue weighted by atomic mass is 35.5. The van der Waals surface area contributed by atoms with E-state index >= 15 is 0 Å². The molecule has 0 aromatic heterocycles. The van der Waals surface area contributed by atoms with Crippen LogP contribution in [0.5, 0.6) is 0 Å². The summed E-state index contributed by atoms with van der Waals surface area (Å²) in [6, 6.07) is 3.29. The van der Waals surface area contributed by atoms with Crippen molar-refractivity contribution in [2.75, 3.05) is 19.0 Å². The summed E-state index contributed by atoms with van der Waals surface area (Å²) in [7, 11) is 1.44. The molecule has 1 atom stereocenters. The van der Waals surface area contributed by atoms with Crippen LogP contribution in [-0.4, -0.2) is 42.6 Å². The zero-order valence-electron chi connectivity index (χ0n) is 12.2. The first-order valence-electron chi connectivity index (χ1n) is 6.45. The molecule has 0 spiro atoms. The Balaban J connectivity index is 2.91. The molecule has 3 N–H and O–H groups in total. The molecule has 1 rings (SSSR count).